The summed E-state index contributed by atoms with van der Waals surface area (Å²) < 4.78 is 0. The van der Waals surface area contributed by atoms with Crippen molar-refractivity contribution in [3.63, 3.8) is 0 Å². The molecule has 5 heteroatoms. The van der Waals surface area contributed by atoms with Crippen molar-refractivity contribution in [2.75, 3.05) is 23.7 Å². The highest BCUT2D eigenvalue weighted by Gasteiger charge is 2.21. The fourth-order valence-electron chi connectivity index (χ4n) is 3.01. The van der Waals surface area contributed by atoms with Crippen molar-refractivity contribution in [2.45, 2.75) is 19.8 Å². The van der Waals surface area contributed by atoms with E-state index in [4.69, 9.17) is 0 Å². The molecule has 2 amide bonds. The van der Waals surface area contributed by atoms with Gasteiger partial charge in [-0.05, 0) is 62.7 Å². The average molecular weight is 337 g/mol. The fourth-order valence-corrected chi connectivity index (χ4v) is 3.01. The summed E-state index contributed by atoms with van der Waals surface area (Å²) in [6, 6.07) is 14.6. The van der Waals surface area contributed by atoms with Gasteiger partial charge < -0.3 is 16.0 Å². The first kappa shape index (κ1) is 17.2. The maximum Gasteiger partial charge on any atom is 0.255 e. The van der Waals surface area contributed by atoms with Gasteiger partial charge in [0.05, 0.1) is 0 Å². The molecule has 2 aromatic carbocycles. The Labute approximate surface area is 147 Å². The molecular weight excluding hydrogens is 314 g/mol. The van der Waals surface area contributed by atoms with Crippen LogP contribution < -0.4 is 16.0 Å². The van der Waals surface area contributed by atoms with Crippen LogP contribution in [0.1, 0.15) is 28.8 Å². The molecule has 0 aliphatic carbocycles. The second kappa shape index (κ2) is 7.94. The minimum atomic E-state index is -0.162. The second-order valence-corrected chi connectivity index (χ2v) is 6.31. The lowest BCUT2D eigenvalue weighted by Gasteiger charge is -2.22. The summed E-state index contributed by atoms with van der Waals surface area (Å²) in [5.41, 5.74) is 2.91. The van der Waals surface area contributed by atoms with Gasteiger partial charge in [-0.2, -0.15) is 0 Å². The molecule has 0 unspecified atom stereocenters. The maximum absolute atomic E-state index is 12.4. The standard InChI is InChI=1S/C20H23N3O2/c1-14-17(22-19(24)15-6-3-2-4-7-15)8-5-9-18(14)23-20(25)16-10-12-21-13-11-16/h2-9,16,21H,10-13H2,1H3,(H,22,24)(H,23,25). The van der Waals surface area contributed by atoms with Gasteiger partial charge in [0, 0.05) is 22.9 Å². The molecule has 0 bridgehead atoms. The molecule has 1 fully saturated rings. The van der Waals surface area contributed by atoms with Gasteiger partial charge in [-0.25, -0.2) is 0 Å². The number of nitrogens with one attached hydrogen (secondary N) is 3. The summed E-state index contributed by atoms with van der Waals surface area (Å²) in [4.78, 5) is 24.8. The molecule has 0 spiro atoms. The van der Waals surface area contributed by atoms with Crippen molar-refractivity contribution in [1.29, 1.82) is 0 Å². The maximum atomic E-state index is 12.4. The first-order chi connectivity index (χ1) is 12.1. The highest BCUT2D eigenvalue weighted by Crippen LogP contribution is 2.25. The first-order valence-electron chi connectivity index (χ1n) is 8.63. The monoisotopic (exact) mass is 337 g/mol. The smallest absolute Gasteiger partial charge is 0.255 e. The van der Waals surface area contributed by atoms with Crippen LogP contribution in [-0.4, -0.2) is 24.9 Å². The van der Waals surface area contributed by atoms with E-state index >= 15 is 0 Å². The van der Waals surface area contributed by atoms with Gasteiger partial charge >= 0.3 is 0 Å². The Kier molecular flexibility index (Phi) is 5.46. The lowest BCUT2D eigenvalue weighted by Crippen LogP contribution is -2.34. The van der Waals surface area contributed by atoms with Crippen LogP contribution in [0, 0.1) is 12.8 Å². The van der Waals surface area contributed by atoms with Crippen molar-refractivity contribution in [1.82, 2.24) is 5.32 Å². The molecule has 3 rings (SSSR count). The van der Waals surface area contributed by atoms with Crippen molar-refractivity contribution < 1.29 is 9.59 Å². The Morgan fingerprint density at radius 2 is 1.56 bits per heavy atom. The Balaban J connectivity index is 1.71. The third-order valence-corrected chi connectivity index (χ3v) is 4.59. The normalized spacial score (nSPS) is 14.8. The van der Waals surface area contributed by atoms with Crippen molar-refractivity contribution in [3.05, 3.63) is 59.7 Å². The molecule has 1 aliphatic heterocycles. The Morgan fingerprint density at radius 3 is 2.24 bits per heavy atom. The molecule has 0 atom stereocenters. The molecule has 130 valence electrons. The zero-order valence-corrected chi connectivity index (χ0v) is 14.3. The fraction of sp³-hybridized carbons (Fsp3) is 0.300. The number of hydrogen-bond donors (Lipinski definition) is 3. The molecule has 2 aromatic rings. The Bertz CT molecular complexity index is 753. The summed E-state index contributed by atoms with van der Waals surface area (Å²) in [6.45, 7) is 3.66. The molecule has 1 aliphatic rings. The van der Waals surface area contributed by atoms with E-state index < -0.39 is 0 Å². The van der Waals surface area contributed by atoms with Gasteiger partial charge in [-0.15, -0.1) is 0 Å². The molecular formula is C20H23N3O2. The SMILES string of the molecule is Cc1c(NC(=O)c2ccccc2)cccc1NC(=O)C1CCNCC1. The lowest BCUT2D eigenvalue weighted by molar-refractivity contribution is -0.120. The number of hydrogen-bond acceptors (Lipinski definition) is 3. The van der Waals surface area contributed by atoms with Crippen molar-refractivity contribution in [2.24, 2.45) is 5.92 Å². The van der Waals surface area contributed by atoms with E-state index in [1.165, 1.54) is 0 Å². The topological polar surface area (TPSA) is 70.2 Å². The predicted octanol–water partition coefficient (Wildman–Crippen LogP) is 3.19. The van der Waals surface area contributed by atoms with Crippen LogP contribution in [-0.2, 0) is 4.79 Å². The molecule has 3 N–H and O–H groups in total. The van der Waals surface area contributed by atoms with Crippen LogP contribution >= 0.6 is 0 Å². The number of benzene rings is 2. The van der Waals surface area contributed by atoms with Gasteiger partial charge in [0.15, 0.2) is 0 Å². The molecule has 25 heavy (non-hydrogen) atoms. The largest absolute Gasteiger partial charge is 0.326 e. The van der Waals surface area contributed by atoms with Crippen LogP contribution in [0.5, 0.6) is 0 Å². The number of anilines is 2. The number of rotatable bonds is 4. The van der Waals surface area contributed by atoms with E-state index in [0.717, 1.165) is 37.2 Å². The third kappa shape index (κ3) is 4.25. The van der Waals surface area contributed by atoms with Gasteiger partial charge in [-0.3, -0.25) is 9.59 Å². The van der Waals surface area contributed by atoms with Gasteiger partial charge in [0.25, 0.3) is 5.91 Å². The number of carbonyl (C=O) groups excluding carboxylic acids is 2. The van der Waals surface area contributed by atoms with Crippen molar-refractivity contribution in [3.8, 4) is 0 Å². The van der Waals surface area contributed by atoms with Crippen LogP contribution in [0.3, 0.4) is 0 Å². The predicted molar refractivity (Wildman–Crippen MR) is 99.8 cm³/mol. The quantitative estimate of drug-likeness (QED) is 0.802. The number of amides is 2. The van der Waals surface area contributed by atoms with E-state index in [-0.39, 0.29) is 17.7 Å². The molecule has 1 saturated heterocycles. The van der Waals surface area contributed by atoms with Gasteiger partial charge in [-0.1, -0.05) is 24.3 Å². The highest BCUT2D eigenvalue weighted by atomic mass is 16.2. The summed E-state index contributed by atoms with van der Waals surface area (Å²) in [5.74, 6) is -0.0649. The molecule has 1 heterocycles. The van der Waals surface area contributed by atoms with Crippen molar-refractivity contribution >= 4 is 23.2 Å². The van der Waals surface area contributed by atoms with Crippen LogP contribution in [0.2, 0.25) is 0 Å². The van der Waals surface area contributed by atoms with E-state index in [2.05, 4.69) is 16.0 Å². The summed E-state index contributed by atoms with van der Waals surface area (Å²) in [6.07, 6.45) is 1.71. The van der Waals surface area contributed by atoms with E-state index in [1.54, 1.807) is 12.1 Å². The van der Waals surface area contributed by atoms with Gasteiger partial charge in [0.2, 0.25) is 5.91 Å². The zero-order chi connectivity index (χ0) is 17.6. The lowest BCUT2D eigenvalue weighted by atomic mass is 9.97. The minimum Gasteiger partial charge on any atom is -0.326 e. The molecule has 0 radical (unpaired) electrons. The number of carbonyl (C=O) groups is 2. The molecule has 0 aromatic heterocycles. The van der Waals surface area contributed by atoms with Crippen LogP contribution in [0.15, 0.2) is 48.5 Å². The highest BCUT2D eigenvalue weighted by molar-refractivity contribution is 6.05. The average Bonchev–Trinajstić information content (AvgIpc) is 2.66. The first-order valence-corrected chi connectivity index (χ1v) is 8.63. The van der Waals surface area contributed by atoms with E-state index in [0.29, 0.717) is 11.3 Å². The van der Waals surface area contributed by atoms with Crippen LogP contribution in [0.4, 0.5) is 11.4 Å². The summed E-state index contributed by atoms with van der Waals surface area (Å²) in [7, 11) is 0. The van der Waals surface area contributed by atoms with Gasteiger partial charge in [0.1, 0.15) is 0 Å². The van der Waals surface area contributed by atoms with E-state index in [1.807, 2.05) is 43.3 Å². The number of piperidine rings is 1. The minimum absolute atomic E-state index is 0.0446. The molecule has 5 nitrogen and oxygen atoms in total. The second-order valence-electron chi connectivity index (χ2n) is 6.31. The van der Waals surface area contributed by atoms with Crippen LogP contribution in [0.25, 0.3) is 0 Å². The van der Waals surface area contributed by atoms with E-state index in [9.17, 15) is 9.59 Å². The Hall–Kier alpha value is -2.66. The molecule has 0 saturated carbocycles. The summed E-state index contributed by atoms with van der Waals surface area (Å²) in [5, 5.41) is 9.20. The summed E-state index contributed by atoms with van der Waals surface area (Å²) >= 11 is 0. The third-order valence-electron chi connectivity index (χ3n) is 4.59. The Morgan fingerprint density at radius 1 is 0.920 bits per heavy atom. The zero-order valence-electron chi connectivity index (χ0n) is 14.3.